The van der Waals surface area contributed by atoms with Crippen molar-refractivity contribution in [2.24, 2.45) is 11.7 Å². The molecule has 0 saturated carbocycles. The quantitative estimate of drug-likeness (QED) is 0.830. The molecule has 0 spiro atoms. The summed E-state index contributed by atoms with van der Waals surface area (Å²) in [5.74, 6) is 0.677. The zero-order valence-electron chi connectivity index (χ0n) is 10.1. The van der Waals surface area contributed by atoms with Gasteiger partial charge in [-0.15, -0.1) is 11.3 Å². The van der Waals surface area contributed by atoms with Gasteiger partial charge in [0.15, 0.2) is 0 Å². The van der Waals surface area contributed by atoms with Gasteiger partial charge in [0.2, 0.25) is 0 Å². The predicted molar refractivity (Wildman–Crippen MR) is 73.8 cm³/mol. The first-order chi connectivity index (χ1) is 7.95. The molecule has 1 unspecified atom stereocenters. The Morgan fingerprint density at radius 3 is 2.82 bits per heavy atom. The Labute approximate surface area is 110 Å². The number of thiophene rings is 1. The third kappa shape index (κ3) is 3.67. The lowest BCUT2D eigenvalue weighted by Crippen LogP contribution is -2.35. The van der Waals surface area contributed by atoms with Crippen LogP contribution in [0.2, 0.25) is 0 Å². The average Bonchev–Trinajstić information content (AvgIpc) is 2.76. The summed E-state index contributed by atoms with van der Waals surface area (Å²) >= 11 is 6.25. The fourth-order valence-electron chi connectivity index (χ4n) is 1.31. The first-order valence-corrected chi connectivity index (χ1v) is 6.41. The lowest BCUT2D eigenvalue weighted by Gasteiger charge is -2.20. The molecular weight excluding hydrogens is 256 g/mol. The van der Waals surface area contributed by atoms with Crippen molar-refractivity contribution in [2.75, 3.05) is 20.7 Å². The van der Waals surface area contributed by atoms with E-state index in [4.69, 9.17) is 22.7 Å². The van der Waals surface area contributed by atoms with E-state index >= 15 is 0 Å². The SMILES string of the molecule is COc1csc(C(=O)N(C)CC(C)C(N)=S)c1. The smallest absolute Gasteiger partial charge is 0.263 e. The maximum Gasteiger partial charge on any atom is 0.263 e. The summed E-state index contributed by atoms with van der Waals surface area (Å²) in [4.78, 5) is 14.7. The highest BCUT2D eigenvalue weighted by Crippen LogP contribution is 2.22. The van der Waals surface area contributed by atoms with Crippen LogP contribution in [0.4, 0.5) is 0 Å². The summed E-state index contributed by atoms with van der Waals surface area (Å²) < 4.78 is 5.04. The van der Waals surface area contributed by atoms with E-state index in [0.717, 1.165) is 0 Å². The Morgan fingerprint density at radius 2 is 2.35 bits per heavy atom. The largest absolute Gasteiger partial charge is 0.496 e. The van der Waals surface area contributed by atoms with Crippen LogP contribution >= 0.6 is 23.6 Å². The molecule has 0 bridgehead atoms. The van der Waals surface area contributed by atoms with Crippen LogP contribution in [-0.4, -0.2) is 36.5 Å². The van der Waals surface area contributed by atoms with Gasteiger partial charge >= 0.3 is 0 Å². The van der Waals surface area contributed by atoms with Gasteiger partial charge in [0.25, 0.3) is 5.91 Å². The van der Waals surface area contributed by atoms with Gasteiger partial charge in [0.05, 0.1) is 17.0 Å². The predicted octanol–water partition coefficient (Wildman–Crippen LogP) is 1.75. The average molecular weight is 272 g/mol. The summed E-state index contributed by atoms with van der Waals surface area (Å²) in [6, 6.07) is 1.73. The van der Waals surface area contributed by atoms with E-state index in [-0.39, 0.29) is 11.8 Å². The Bertz CT molecular complexity index is 417. The normalized spacial score (nSPS) is 11.9. The Morgan fingerprint density at radius 1 is 1.71 bits per heavy atom. The highest BCUT2D eigenvalue weighted by Gasteiger charge is 2.17. The molecule has 1 heterocycles. The number of nitrogens with two attached hydrogens (primary N) is 1. The highest BCUT2D eigenvalue weighted by molar-refractivity contribution is 7.80. The molecule has 1 aromatic rings. The molecule has 0 radical (unpaired) electrons. The molecule has 0 aliphatic rings. The van der Waals surface area contributed by atoms with E-state index in [2.05, 4.69) is 0 Å². The molecule has 1 rings (SSSR count). The van der Waals surface area contributed by atoms with Gasteiger partial charge in [-0.2, -0.15) is 0 Å². The molecular formula is C11H16N2O2S2. The van der Waals surface area contributed by atoms with Gasteiger partial charge < -0.3 is 15.4 Å². The second-order valence-corrected chi connectivity index (χ2v) is 5.22. The van der Waals surface area contributed by atoms with E-state index in [1.54, 1.807) is 30.5 Å². The minimum absolute atomic E-state index is 0.0146. The monoisotopic (exact) mass is 272 g/mol. The van der Waals surface area contributed by atoms with Crippen molar-refractivity contribution in [2.45, 2.75) is 6.92 Å². The van der Waals surface area contributed by atoms with E-state index in [1.165, 1.54) is 11.3 Å². The van der Waals surface area contributed by atoms with Crippen molar-refractivity contribution in [3.8, 4) is 5.75 Å². The van der Waals surface area contributed by atoms with Crippen LogP contribution < -0.4 is 10.5 Å². The number of hydrogen-bond donors (Lipinski definition) is 1. The third-order valence-electron chi connectivity index (χ3n) is 2.40. The number of carbonyl (C=O) groups excluding carboxylic acids is 1. The van der Waals surface area contributed by atoms with Crippen molar-refractivity contribution in [1.29, 1.82) is 0 Å². The third-order valence-corrected chi connectivity index (χ3v) is 3.70. The first-order valence-electron chi connectivity index (χ1n) is 5.13. The van der Waals surface area contributed by atoms with Crippen molar-refractivity contribution >= 4 is 34.5 Å². The summed E-state index contributed by atoms with van der Waals surface area (Å²) in [7, 11) is 3.32. The fourth-order valence-corrected chi connectivity index (χ4v) is 2.23. The summed E-state index contributed by atoms with van der Waals surface area (Å²) in [6.45, 7) is 2.43. The van der Waals surface area contributed by atoms with Gasteiger partial charge in [-0.1, -0.05) is 19.1 Å². The van der Waals surface area contributed by atoms with Crippen LogP contribution in [0.3, 0.4) is 0 Å². The number of carbonyl (C=O) groups is 1. The molecule has 17 heavy (non-hydrogen) atoms. The Hall–Kier alpha value is -1.14. The molecule has 0 saturated heterocycles. The van der Waals surface area contributed by atoms with Gasteiger partial charge in [-0.25, -0.2) is 0 Å². The number of ether oxygens (including phenoxy) is 1. The number of hydrogen-bond acceptors (Lipinski definition) is 4. The summed E-state index contributed by atoms with van der Waals surface area (Å²) in [6.07, 6.45) is 0. The summed E-state index contributed by atoms with van der Waals surface area (Å²) in [5, 5.41) is 1.80. The summed E-state index contributed by atoms with van der Waals surface area (Å²) in [5.41, 5.74) is 5.52. The molecule has 0 aliphatic heterocycles. The van der Waals surface area contributed by atoms with Gasteiger partial charge in [0, 0.05) is 31.0 Å². The first kappa shape index (κ1) is 13.9. The number of amides is 1. The number of nitrogens with zero attached hydrogens (tertiary/aromatic N) is 1. The standard InChI is InChI=1S/C11H16N2O2S2/c1-7(10(12)16)5-13(2)11(14)9-4-8(15-3)6-17-9/h4,6-7H,5H2,1-3H3,(H2,12,16). The van der Waals surface area contributed by atoms with Gasteiger partial charge in [-0.3, -0.25) is 4.79 Å². The maximum atomic E-state index is 12.0. The number of methoxy groups -OCH3 is 1. The van der Waals surface area contributed by atoms with Crippen molar-refractivity contribution in [1.82, 2.24) is 4.90 Å². The van der Waals surface area contributed by atoms with Crippen LogP contribution in [-0.2, 0) is 0 Å². The number of rotatable bonds is 5. The molecule has 6 heteroatoms. The zero-order chi connectivity index (χ0) is 13.0. The molecule has 1 amide bonds. The molecule has 0 aromatic carbocycles. The zero-order valence-corrected chi connectivity index (χ0v) is 11.7. The minimum atomic E-state index is -0.0404. The van der Waals surface area contributed by atoms with Gasteiger partial charge in [-0.05, 0) is 0 Å². The molecule has 1 aromatic heterocycles. The second-order valence-electron chi connectivity index (χ2n) is 3.84. The molecule has 94 valence electrons. The van der Waals surface area contributed by atoms with Crippen molar-refractivity contribution in [3.05, 3.63) is 16.3 Å². The molecule has 0 fully saturated rings. The number of thiocarbonyl (C=S) groups is 1. The maximum absolute atomic E-state index is 12.0. The van der Waals surface area contributed by atoms with Crippen LogP contribution in [0, 0.1) is 5.92 Å². The lowest BCUT2D eigenvalue weighted by molar-refractivity contribution is 0.0791. The van der Waals surface area contributed by atoms with Gasteiger partial charge in [0.1, 0.15) is 5.75 Å². The minimum Gasteiger partial charge on any atom is -0.496 e. The molecule has 1 atom stereocenters. The molecule has 0 aliphatic carbocycles. The molecule has 2 N–H and O–H groups in total. The Kier molecular flexibility index (Phi) is 4.89. The van der Waals surface area contributed by atoms with Crippen molar-refractivity contribution < 1.29 is 9.53 Å². The fraction of sp³-hybridized carbons (Fsp3) is 0.455. The topological polar surface area (TPSA) is 55.6 Å². The van der Waals surface area contributed by atoms with E-state index in [0.29, 0.717) is 22.2 Å². The van der Waals surface area contributed by atoms with Crippen LogP contribution in [0.15, 0.2) is 11.4 Å². The van der Waals surface area contributed by atoms with E-state index in [9.17, 15) is 4.79 Å². The highest BCUT2D eigenvalue weighted by atomic mass is 32.1. The van der Waals surface area contributed by atoms with E-state index < -0.39 is 0 Å². The van der Waals surface area contributed by atoms with Crippen LogP contribution in [0.25, 0.3) is 0 Å². The second kappa shape index (κ2) is 5.97. The van der Waals surface area contributed by atoms with Crippen LogP contribution in [0.1, 0.15) is 16.6 Å². The van der Waals surface area contributed by atoms with Crippen LogP contribution in [0.5, 0.6) is 5.75 Å². The molecule has 4 nitrogen and oxygen atoms in total. The van der Waals surface area contributed by atoms with Crippen molar-refractivity contribution in [3.63, 3.8) is 0 Å². The Balaban J connectivity index is 2.66. The lowest BCUT2D eigenvalue weighted by atomic mass is 10.1. The van der Waals surface area contributed by atoms with E-state index in [1.807, 2.05) is 6.92 Å².